The maximum atomic E-state index is 13.6. The Morgan fingerprint density at radius 1 is 1.33 bits per heavy atom. The molecule has 1 N–H and O–H groups in total. The lowest BCUT2D eigenvalue weighted by atomic mass is 9.98. The molecule has 5 heteroatoms. The fourth-order valence-corrected chi connectivity index (χ4v) is 2.93. The number of nitrogens with zero attached hydrogens (tertiary/aromatic N) is 1. The van der Waals surface area contributed by atoms with Gasteiger partial charge in [0, 0.05) is 25.6 Å². The molecule has 1 aliphatic rings. The maximum Gasteiger partial charge on any atom is 0.169 e. The highest BCUT2D eigenvalue weighted by molar-refractivity contribution is 5.96. The first-order valence-corrected chi connectivity index (χ1v) is 7.45. The van der Waals surface area contributed by atoms with Crippen molar-refractivity contribution in [3.63, 3.8) is 0 Å². The second-order valence-electron chi connectivity index (χ2n) is 5.47. The van der Waals surface area contributed by atoms with Gasteiger partial charge in [-0.1, -0.05) is 12.5 Å². The molecule has 1 fully saturated rings. The molecule has 0 amide bonds. The van der Waals surface area contributed by atoms with Crippen LogP contribution in [0.4, 0.5) is 8.78 Å². The highest BCUT2D eigenvalue weighted by atomic mass is 19.2. The van der Waals surface area contributed by atoms with E-state index in [1.165, 1.54) is 12.1 Å². The van der Waals surface area contributed by atoms with E-state index in [0.717, 1.165) is 31.9 Å². The zero-order valence-electron chi connectivity index (χ0n) is 12.0. The fourth-order valence-electron chi connectivity index (χ4n) is 2.93. The van der Waals surface area contributed by atoms with Crippen LogP contribution in [0.2, 0.25) is 0 Å². The van der Waals surface area contributed by atoms with Gasteiger partial charge in [-0.2, -0.15) is 0 Å². The third kappa shape index (κ3) is 4.08. The van der Waals surface area contributed by atoms with Crippen molar-refractivity contribution >= 4 is 5.78 Å². The molecule has 1 atom stereocenters. The number of likely N-dealkylation sites (tertiary alicyclic amines) is 1. The summed E-state index contributed by atoms with van der Waals surface area (Å²) in [5.74, 6) is -2.43. The van der Waals surface area contributed by atoms with Crippen LogP contribution in [0.1, 0.15) is 42.5 Å². The summed E-state index contributed by atoms with van der Waals surface area (Å²) < 4.78 is 26.7. The van der Waals surface area contributed by atoms with E-state index in [0.29, 0.717) is 13.0 Å². The molecule has 116 valence electrons. The van der Waals surface area contributed by atoms with Gasteiger partial charge in [-0.15, -0.1) is 0 Å². The van der Waals surface area contributed by atoms with Crippen LogP contribution in [0.3, 0.4) is 0 Å². The summed E-state index contributed by atoms with van der Waals surface area (Å²) in [6.07, 6.45) is 4.09. The van der Waals surface area contributed by atoms with Crippen molar-refractivity contribution in [1.29, 1.82) is 0 Å². The molecule has 2 rings (SSSR count). The molecule has 0 bridgehead atoms. The first-order chi connectivity index (χ1) is 10.1. The van der Waals surface area contributed by atoms with Gasteiger partial charge in [0.05, 0.1) is 5.56 Å². The number of piperidine rings is 1. The van der Waals surface area contributed by atoms with Crippen LogP contribution in [0.5, 0.6) is 0 Å². The van der Waals surface area contributed by atoms with Gasteiger partial charge in [0.15, 0.2) is 17.4 Å². The second-order valence-corrected chi connectivity index (χ2v) is 5.47. The number of halogens is 2. The molecule has 1 heterocycles. The number of aliphatic hydroxyl groups is 1. The summed E-state index contributed by atoms with van der Waals surface area (Å²) in [5, 5.41) is 9.07. The molecule has 1 aromatic rings. The molecule has 1 saturated heterocycles. The third-order valence-corrected chi connectivity index (χ3v) is 4.09. The molecule has 0 radical (unpaired) electrons. The number of aliphatic hydroxyl groups excluding tert-OH is 1. The van der Waals surface area contributed by atoms with Crippen LogP contribution in [0, 0.1) is 11.6 Å². The SMILES string of the molecule is O=C(CCN1CCCCC1CCO)c1cccc(F)c1F. The predicted molar refractivity (Wildman–Crippen MR) is 76.2 cm³/mol. The van der Waals surface area contributed by atoms with Gasteiger partial charge >= 0.3 is 0 Å². The van der Waals surface area contributed by atoms with E-state index in [1.54, 1.807) is 0 Å². The van der Waals surface area contributed by atoms with Gasteiger partial charge in [-0.25, -0.2) is 8.78 Å². The van der Waals surface area contributed by atoms with E-state index in [9.17, 15) is 13.6 Å². The molecule has 0 aliphatic carbocycles. The topological polar surface area (TPSA) is 40.5 Å². The number of hydrogen-bond acceptors (Lipinski definition) is 3. The lowest BCUT2D eigenvalue weighted by Crippen LogP contribution is -2.41. The van der Waals surface area contributed by atoms with Crippen LogP contribution in [-0.2, 0) is 0 Å². The van der Waals surface area contributed by atoms with E-state index in [2.05, 4.69) is 4.90 Å². The molecule has 0 aromatic heterocycles. The van der Waals surface area contributed by atoms with Gasteiger partial charge < -0.3 is 5.11 Å². The smallest absolute Gasteiger partial charge is 0.169 e. The second kappa shape index (κ2) is 7.61. The molecular formula is C16H21F2NO2. The summed E-state index contributed by atoms with van der Waals surface area (Å²) in [6.45, 7) is 1.55. The van der Waals surface area contributed by atoms with Crippen molar-refractivity contribution in [2.24, 2.45) is 0 Å². The number of rotatable bonds is 6. The molecule has 1 aromatic carbocycles. The molecule has 0 saturated carbocycles. The van der Waals surface area contributed by atoms with Crippen LogP contribution in [0.25, 0.3) is 0 Å². The Kier molecular flexibility index (Phi) is 5.82. The van der Waals surface area contributed by atoms with E-state index < -0.39 is 11.6 Å². The first-order valence-electron chi connectivity index (χ1n) is 7.45. The first kappa shape index (κ1) is 16.0. The van der Waals surface area contributed by atoms with Gasteiger partial charge in [-0.3, -0.25) is 9.69 Å². The minimum atomic E-state index is -1.06. The molecule has 0 spiro atoms. The average Bonchev–Trinajstić information content (AvgIpc) is 2.49. The lowest BCUT2D eigenvalue weighted by molar-refractivity contribution is 0.0892. The van der Waals surface area contributed by atoms with Gasteiger partial charge in [0.25, 0.3) is 0 Å². The highest BCUT2D eigenvalue weighted by Gasteiger charge is 2.23. The summed E-state index contributed by atoms with van der Waals surface area (Å²) in [6, 6.07) is 3.96. The molecular weight excluding hydrogens is 276 g/mol. The standard InChI is InChI=1S/C16H21F2NO2/c17-14-6-3-5-13(16(14)18)15(21)7-10-19-9-2-1-4-12(19)8-11-20/h3,5-6,12,20H,1-2,4,7-11H2. The van der Waals surface area contributed by atoms with Gasteiger partial charge in [0.2, 0.25) is 0 Å². The number of ketones is 1. The summed E-state index contributed by atoms with van der Waals surface area (Å²) in [7, 11) is 0. The Bertz CT molecular complexity index is 491. The lowest BCUT2D eigenvalue weighted by Gasteiger charge is -2.35. The number of hydrogen-bond donors (Lipinski definition) is 1. The molecule has 3 nitrogen and oxygen atoms in total. The normalized spacial score (nSPS) is 19.7. The Morgan fingerprint density at radius 2 is 2.14 bits per heavy atom. The summed E-state index contributed by atoms with van der Waals surface area (Å²) in [4.78, 5) is 14.2. The van der Waals surface area contributed by atoms with Crippen molar-refractivity contribution in [1.82, 2.24) is 4.90 Å². The van der Waals surface area contributed by atoms with Crippen LogP contribution < -0.4 is 0 Å². The monoisotopic (exact) mass is 297 g/mol. The molecule has 21 heavy (non-hydrogen) atoms. The van der Waals surface area contributed by atoms with E-state index in [-0.39, 0.29) is 30.4 Å². The quantitative estimate of drug-likeness (QED) is 0.821. The Morgan fingerprint density at radius 3 is 2.90 bits per heavy atom. The van der Waals surface area contributed by atoms with Crippen LogP contribution in [-0.4, -0.2) is 41.5 Å². The summed E-state index contributed by atoms with van der Waals surface area (Å²) >= 11 is 0. The van der Waals surface area contributed by atoms with Crippen molar-refractivity contribution in [3.05, 3.63) is 35.4 Å². The zero-order valence-corrected chi connectivity index (χ0v) is 12.0. The van der Waals surface area contributed by atoms with Crippen molar-refractivity contribution in [2.75, 3.05) is 19.7 Å². The van der Waals surface area contributed by atoms with Crippen molar-refractivity contribution in [3.8, 4) is 0 Å². The fraction of sp³-hybridized carbons (Fsp3) is 0.562. The van der Waals surface area contributed by atoms with Gasteiger partial charge in [-0.05, 0) is 37.9 Å². The van der Waals surface area contributed by atoms with Crippen LogP contribution >= 0.6 is 0 Å². The van der Waals surface area contributed by atoms with E-state index in [4.69, 9.17) is 5.11 Å². The van der Waals surface area contributed by atoms with Crippen molar-refractivity contribution in [2.45, 2.75) is 38.1 Å². The Labute approximate surface area is 123 Å². The van der Waals surface area contributed by atoms with Gasteiger partial charge in [0.1, 0.15) is 0 Å². The minimum absolute atomic E-state index is 0.133. The number of Topliss-reactive ketones (excluding diaryl/α,β-unsaturated/α-hetero) is 1. The number of carbonyl (C=O) groups excluding carboxylic acids is 1. The Hall–Kier alpha value is -1.33. The zero-order chi connectivity index (χ0) is 15.2. The number of benzene rings is 1. The van der Waals surface area contributed by atoms with Crippen LogP contribution in [0.15, 0.2) is 18.2 Å². The average molecular weight is 297 g/mol. The third-order valence-electron chi connectivity index (χ3n) is 4.09. The largest absolute Gasteiger partial charge is 0.396 e. The predicted octanol–water partition coefficient (Wildman–Crippen LogP) is 2.77. The highest BCUT2D eigenvalue weighted by Crippen LogP contribution is 2.20. The molecule has 1 unspecified atom stereocenters. The maximum absolute atomic E-state index is 13.6. The summed E-state index contributed by atoms with van der Waals surface area (Å²) in [5.41, 5.74) is -0.175. The molecule has 1 aliphatic heterocycles. The van der Waals surface area contributed by atoms with E-state index >= 15 is 0 Å². The Balaban J connectivity index is 1.95. The van der Waals surface area contributed by atoms with Crippen molar-refractivity contribution < 1.29 is 18.7 Å². The van der Waals surface area contributed by atoms with E-state index in [1.807, 2.05) is 0 Å². The number of carbonyl (C=O) groups is 1. The minimum Gasteiger partial charge on any atom is -0.396 e.